The number of hydrogen-bond acceptors (Lipinski definition) is 6. The summed E-state index contributed by atoms with van der Waals surface area (Å²) in [4.78, 5) is 41.3. The van der Waals surface area contributed by atoms with Gasteiger partial charge in [0.2, 0.25) is 11.8 Å². The summed E-state index contributed by atoms with van der Waals surface area (Å²) in [7, 11) is 0. The fourth-order valence-electron chi connectivity index (χ4n) is 5.32. The molecule has 3 atom stereocenters. The average Bonchev–Trinajstić information content (AvgIpc) is 3.40. The van der Waals surface area contributed by atoms with E-state index in [1.54, 1.807) is 10.4 Å². The topological polar surface area (TPSA) is 111 Å². The van der Waals surface area contributed by atoms with E-state index in [9.17, 15) is 14.4 Å². The lowest BCUT2D eigenvalue weighted by Crippen LogP contribution is -2.58. The van der Waals surface area contributed by atoms with Crippen molar-refractivity contribution in [1.82, 2.24) is 20.6 Å². The van der Waals surface area contributed by atoms with Crippen LogP contribution >= 0.6 is 0 Å². The summed E-state index contributed by atoms with van der Waals surface area (Å²) in [5, 5.41) is 12.3. The minimum Gasteiger partial charge on any atom is -0.445 e. The molecule has 9 heteroatoms. The Kier molecular flexibility index (Phi) is 7.82. The van der Waals surface area contributed by atoms with E-state index in [0.29, 0.717) is 45.1 Å². The van der Waals surface area contributed by atoms with Gasteiger partial charge in [-0.25, -0.2) is 10.3 Å². The van der Waals surface area contributed by atoms with Crippen LogP contribution in [-0.2, 0) is 14.3 Å². The van der Waals surface area contributed by atoms with E-state index in [2.05, 4.69) is 17.4 Å². The summed E-state index contributed by atoms with van der Waals surface area (Å²) in [6.45, 7) is 3.12. The normalized spacial score (nSPS) is 26.2. The summed E-state index contributed by atoms with van der Waals surface area (Å²) in [6.07, 6.45) is 3.40. The first-order valence-electron chi connectivity index (χ1n) is 12.0. The molecule has 3 N–H and O–H groups in total. The smallest absolute Gasteiger partial charge is 0.410 e. The Balaban J connectivity index is 1.35. The molecule has 0 saturated carbocycles. The van der Waals surface area contributed by atoms with Gasteiger partial charge >= 0.3 is 6.09 Å². The van der Waals surface area contributed by atoms with Crippen LogP contribution in [0.5, 0.6) is 0 Å². The van der Waals surface area contributed by atoms with Crippen molar-refractivity contribution in [2.24, 2.45) is 5.92 Å². The van der Waals surface area contributed by atoms with E-state index >= 15 is 0 Å². The van der Waals surface area contributed by atoms with Crippen molar-refractivity contribution in [2.45, 2.75) is 56.6 Å². The summed E-state index contributed by atoms with van der Waals surface area (Å²) in [5.74, 6) is -0.503. The van der Waals surface area contributed by atoms with E-state index in [4.69, 9.17) is 9.94 Å². The molecule has 3 aliphatic heterocycles. The Morgan fingerprint density at radius 1 is 1.03 bits per heavy atom. The van der Waals surface area contributed by atoms with Crippen LogP contribution in [0.3, 0.4) is 0 Å². The van der Waals surface area contributed by atoms with Crippen molar-refractivity contribution in [3.63, 3.8) is 0 Å². The number of carbonyl (C=O) groups excluding carboxylic acids is 3. The van der Waals surface area contributed by atoms with Crippen LogP contribution in [0.4, 0.5) is 4.79 Å². The molecule has 4 rings (SSSR count). The van der Waals surface area contributed by atoms with Crippen LogP contribution in [0, 0.1) is 5.92 Å². The second-order valence-electron chi connectivity index (χ2n) is 9.33. The van der Waals surface area contributed by atoms with Gasteiger partial charge in [-0.2, -0.15) is 0 Å². The van der Waals surface area contributed by atoms with Crippen LogP contribution in [0.1, 0.15) is 50.0 Å². The first-order chi connectivity index (χ1) is 16.0. The van der Waals surface area contributed by atoms with Gasteiger partial charge in [0.1, 0.15) is 6.10 Å². The first-order valence-corrected chi connectivity index (χ1v) is 12.0. The molecule has 180 valence electrons. The van der Waals surface area contributed by atoms with Gasteiger partial charge < -0.3 is 19.9 Å². The third-order valence-electron chi connectivity index (χ3n) is 7.15. The molecule has 1 aromatic rings. The standard InChI is InChI=1S/C24H34N4O5/c29-21(26-32)15-19-14-20(33-24(31)28-10-4-5-11-28)16-25-22(19)23(30)27-12-8-18(9-13-27)17-6-2-1-3-7-17/h1-3,6-7,18-20,22,25,32H,4-5,8-16H2,(H,26,29)/t19-,20-,22-/m0/s1. The minimum atomic E-state index is -0.547. The molecule has 33 heavy (non-hydrogen) atoms. The number of carbonyl (C=O) groups is 3. The first kappa shape index (κ1) is 23.5. The van der Waals surface area contributed by atoms with Gasteiger partial charge in [-0.1, -0.05) is 30.3 Å². The molecule has 3 saturated heterocycles. The highest BCUT2D eigenvalue weighted by atomic mass is 16.6. The summed E-state index contributed by atoms with van der Waals surface area (Å²) >= 11 is 0. The largest absolute Gasteiger partial charge is 0.445 e. The third-order valence-corrected chi connectivity index (χ3v) is 7.15. The Morgan fingerprint density at radius 3 is 2.39 bits per heavy atom. The fraction of sp³-hybridized carbons (Fsp3) is 0.625. The zero-order valence-corrected chi connectivity index (χ0v) is 18.9. The van der Waals surface area contributed by atoms with Gasteiger partial charge in [0.05, 0.1) is 6.04 Å². The maximum absolute atomic E-state index is 13.4. The number of nitrogens with zero attached hydrogens (tertiary/aromatic N) is 2. The number of hydroxylamine groups is 1. The molecule has 3 heterocycles. The molecule has 1 aromatic carbocycles. The van der Waals surface area contributed by atoms with Gasteiger partial charge in [0, 0.05) is 39.1 Å². The predicted molar refractivity (Wildman–Crippen MR) is 121 cm³/mol. The van der Waals surface area contributed by atoms with E-state index in [1.807, 2.05) is 23.1 Å². The zero-order valence-electron chi connectivity index (χ0n) is 18.9. The van der Waals surface area contributed by atoms with Gasteiger partial charge in [-0.3, -0.25) is 14.8 Å². The highest BCUT2D eigenvalue weighted by Crippen LogP contribution is 2.30. The third kappa shape index (κ3) is 5.83. The lowest BCUT2D eigenvalue weighted by atomic mass is 9.84. The van der Waals surface area contributed by atoms with Crippen LogP contribution in [-0.4, -0.2) is 77.8 Å². The second kappa shape index (κ2) is 11.0. The second-order valence-corrected chi connectivity index (χ2v) is 9.33. The number of benzene rings is 1. The summed E-state index contributed by atoms with van der Waals surface area (Å²) in [5.41, 5.74) is 2.97. The van der Waals surface area contributed by atoms with Crippen LogP contribution in [0.25, 0.3) is 0 Å². The lowest BCUT2D eigenvalue weighted by Gasteiger charge is -2.40. The molecule has 3 aliphatic rings. The molecule has 0 aromatic heterocycles. The highest BCUT2D eigenvalue weighted by Gasteiger charge is 2.40. The molecule has 0 radical (unpaired) electrons. The van der Waals surface area contributed by atoms with Crippen molar-refractivity contribution in [3.05, 3.63) is 35.9 Å². The fourth-order valence-corrected chi connectivity index (χ4v) is 5.32. The van der Waals surface area contributed by atoms with E-state index in [0.717, 1.165) is 25.7 Å². The van der Waals surface area contributed by atoms with E-state index < -0.39 is 18.1 Å². The Morgan fingerprint density at radius 2 is 1.73 bits per heavy atom. The van der Waals surface area contributed by atoms with Crippen LogP contribution < -0.4 is 10.8 Å². The molecular formula is C24H34N4O5. The summed E-state index contributed by atoms with van der Waals surface area (Å²) in [6, 6.07) is 9.83. The Labute approximate surface area is 194 Å². The molecule has 3 fully saturated rings. The van der Waals surface area contributed by atoms with Gasteiger partial charge in [0.25, 0.3) is 0 Å². The van der Waals surface area contributed by atoms with Crippen LogP contribution in [0.2, 0.25) is 0 Å². The number of hydrogen-bond donors (Lipinski definition) is 3. The SMILES string of the molecule is O=C(C[C@@H]1C[C@H](OC(=O)N2CCCC2)CN[C@@H]1C(=O)N1CCC(c2ccccc2)CC1)NO. The zero-order chi connectivity index (χ0) is 23.2. The van der Waals surface area contributed by atoms with Crippen molar-refractivity contribution in [2.75, 3.05) is 32.7 Å². The summed E-state index contributed by atoms with van der Waals surface area (Å²) < 4.78 is 5.66. The predicted octanol–water partition coefficient (Wildman–Crippen LogP) is 1.87. The van der Waals surface area contributed by atoms with Crippen molar-refractivity contribution < 1.29 is 24.3 Å². The van der Waals surface area contributed by atoms with E-state index in [1.165, 1.54) is 5.56 Å². The van der Waals surface area contributed by atoms with Gasteiger partial charge in [-0.15, -0.1) is 0 Å². The maximum atomic E-state index is 13.4. The monoisotopic (exact) mass is 458 g/mol. The number of amides is 3. The number of nitrogens with one attached hydrogen (secondary N) is 2. The van der Waals surface area contributed by atoms with E-state index in [-0.39, 0.29) is 24.3 Å². The molecule has 3 amide bonds. The number of rotatable bonds is 5. The highest BCUT2D eigenvalue weighted by molar-refractivity contribution is 5.84. The van der Waals surface area contributed by atoms with Crippen molar-refractivity contribution in [3.8, 4) is 0 Å². The van der Waals surface area contributed by atoms with Crippen molar-refractivity contribution in [1.29, 1.82) is 0 Å². The average molecular weight is 459 g/mol. The van der Waals surface area contributed by atoms with Gasteiger partial charge in [0.15, 0.2) is 0 Å². The molecule has 0 spiro atoms. The number of ether oxygens (including phenoxy) is 1. The molecule has 9 nitrogen and oxygen atoms in total. The van der Waals surface area contributed by atoms with Crippen LogP contribution in [0.15, 0.2) is 30.3 Å². The minimum absolute atomic E-state index is 0.0157. The van der Waals surface area contributed by atoms with Crippen molar-refractivity contribution >= 4 is 17.9 Å². The lowest BCUT2D eigenvalue weighted by molar-refractivity contribution is -0.139. The van der Waals surface area contributed by atoms with Gasteiger partial charge in [-0.05, 0) is 49.5 Å². The quantitative estimate of drug-likeness (QED) is 0.459. The Hall–Kier alpha value is -2.65. The number of likely N-dealkylation sites (tertiary alicyclic amines) is 2. The molecule has 0 bridgehead atoms. The number of piperidine rings is 2. The molecule has 0 unspecified atom stereocenters. The Bertz CT molecular complexity index is 821. The molecule has 0 aliphatic carbocycles. The molecular weight excluding hydrogens is 424 g/mol. The maximum Gasteiger partial charge on any atom is 0.410 e.